The zero-order valence-corrected chi connectivity index (χ0v) is 16.3. The number of ether oxygens (including phenoxy) is 2. The maximum atomic E-state index is 13.4. The number of hydrogen-bond donors (Lipinski definition) is 2. The van der Waals surface area contributed by atoms with Gasteiger partial charge in [-0.1, -0.05) is 17.7 Å². The van der Waals surface area contributed by atoms with E-state index in [1.54, 1.807) is 11.0 Å². The van der Waals surface area contributed by atoms with E-state index in [4.69, 9.17) is 9.47 Å². The number of aliphatic hydroxyl groups is 1. The monoisotopic (exact) mass is 396 g/mol. The molecule has 5 aliphatic heterocycles. The lowest BCUT2D eigenvalue weighted by atomic mass is 9.52. The fourth-order valence-electron chi connectivity index (χ4n) is 7.78. The molecule has 1 aromatic carbocycles. The molecule has 0 aromatic heterocycles. The van der Waals surface area contributed by atoms with Gasteiger partial charge < -0.3 is 24.6 Å². The van der Waals surface area contributed by atoms with E-state index in [0.717, 1.165) is 25.1 Å². The Hall–Kier alpha value is -2.09. The summed E-state index contributed by atoms with van der Waals surface area (Å²) in [6.07, 6.45) is 3.77. The van der Waals surface area contributed by atoms with Gasteiger partial charge >= 0.3 is 0 Å². The number of carbonyl (C=O) groups excluding carboxylic acids is 1. The topological polar surface area (TPSA) is 82.5 Å². The van der Waals surface area contributed by atoms with Crippen LogP contribution in [0.15, 0.2) is 23.8 Å². The van der Waals surface area contributed by atoms with E-state index in [1.165, 1.54) is 12.7 Å². The number of methoxy groups -OCH3 is 1. The predicted molar refractivity (Wildman–Crippen MR) is 103 cm³/mol. The lowest BCUT2D eigenvalue weighted by Gasteiger charge is -2.62. The zero-order chi connectivity index (χ0) is 19.7. The first-order valence-corrected chi connectivity index (χ1v) is 10.5. The first-order valence-electron chi connectivity index (χ1n) is 10.5. The van der Waals surface area contributed by atoms with E-state index in [1.807, 2.05) is 6.07 Å². The molecule has 6 aliphatic rings. The van der Waals surface area contributed by atoms with E-state index in [-0.39, 0.29) is 35.6 Å². The van der Waals surface area contributed by atoms with Gasteiger partial charge in [0.1, 0.15) is 5.72 Å². The minimum atomic E-state index is -1.02. The molecular weight excluding hydrogens is 372 g/mol. The number of fused-ring (bicyclic) bond motifs is 2. The van der Waals surface area contributed by atoms with Crippen molar-refractivity contribution in [3.8, 4) is 11.5 Å². The van der Waals surface area contributed by atoms with Gasteiger partial charge in [0.25, 0.3) is 0 Å². The molecule has 1 amide bonds. The van der Waals surface area contributed by atoms with Gasteiger partial charge in [0.05, 0.1) is 43.4 Å². The summed E-state index contributed by atoms with van der Waals surface area (Å²) in [7, 11) is 1.52. The number of benzene rings is 1. The first kappa shape index (κ1) is 16.7. The van der Waals surface area contributed by atoms with Gasteiger partial charge in [-0.25, -0.2) is 0 Å². The molecule has 2 N–H and O–H groups in total. The van der Waals surface area contributed by atoms with Crippen LogP contribution in [0.1, 0.15) is 24.8 Å². The molecule has 1 spiro atoms. The van der Waals surface area contributed by atoms with Crippen molar-refractivity contribution in [2.45, 2.75) is 42.5 Å². The van der Waals surface area contributed by atoms with Crippen LogP contribution < -0.4 is 9.64 Å². The lowest BCUT2D eigenvalue weighted by Crippen LogP contribution is -2.74. The average Bonchev–Trinajstić information content (AvgIpc) is 3.12. The number of anilines is 1. The highest BCUT2D eigenvalue weighted by Gasteiger charge is 2.77. The van der Waals surface area contributed by atoms with Crippen LogP contribution in [0, 0.1) is 11.8 Å². The van der Waals surface area contributed by atoms with Gasteiger partial charge in [0.2, 0.25) is 5.91 Å². The number of rotatable bonds is 1. The Kier molecular flexibility index (Phi) is 2.86. The van der Waals surface area contributed by atoms with Crippen LogP contribution in [0.25, 0.3) is 0 Å². The van der Waals surface area contributed by atoms with Crippen molar-refractivity contribution in [1.29, 1.82) is 0 Å². The molecule has 1 aromatic rings. The lowest BCUT2D eigenvalue weighted by molar-refractivity contribution is -0.197. The summed E-state index contributed by atoms with van der Waals surface area (Å²) in [6, 6.07) is 3.51. The molecule has 0 unspecified atom stereocenters. The van der Waals surface area contributed by atoms with Gasteiger partial charge in [-0.05, 0) is 30.4 Å². The highest BCUT2D eigenvalue weighted by atomic mass is 16.5. The molecule has 7 rings (SSSR count). The maximum absolute atomic E-state index is 13.4. The molecular formula is C22H24N2O5. The number of phenols is 1. The molecule has 7 heteroatoms. The highest BCUT2D eigenvalue weighted by molar-refractivity contribution is 6.01. The number of aromatic hydroxyl groups is 1. The molecule has 7 nitrogen and oxygen atoms in total. The molecule has 152 valence electrons. The zero-order valence-electron chi connectivity index (χ0n) is 16.3. The van der Waals surface area contributed by atoms with Crippen LogP contribution in [-0.4, -0.2) is 65.7 Å². The highest BCUT2D eigenvalue weighted by Crippen LogP contribution is 2.70. The van der Waals surface area contributed by atoms with E-state index in [0.29, 0.717) is 30.9 Å². The third-order valence-corrected chi connectivity index (χ3v) is 8.77. The number of amides is 1. The van der Waals surface area contributed by atoms with Gasteiger partial charge in [0, 0.05) is 19.0 Å². The van der Waals surface area contributed by atoms with E-state index >= 15 is 0 Å². The average molecular weight is 396 g/mol. The van der Waals surface area contributed by atoms with Crippen LogP contribution >= 0.6 is 0 Å². The van der Waals surface area contributed by atoms with E-state index in [2.05, 4.69) is 11.0 Å². The Balaban J connectivity index is 1.57. The Morgan fingerprint density at radius 3 is 3.03 bits per heavy atom. The van der Waals surface area contributed by atoms with Crippen molar-refractivity contribution in [3.05, 3.63) is 29.3 Å². The van der Waals surface area contributed by atoms with Gasteiger partial charge in [0.15, 0.2) is 11.5 Å². The normalized spacial score (nSPS) is 43.7. The maximum Gasteiger partial charge on any atom is 0.230 e. The van der Waals surface area contributed by atoms with E-state index in [9.17, 15) is 15.0 Å². The van der Waals surface area contributed by atoms with Crippen molar-refractivity contribution >= 4 is 11.6 Å². The molecule has 6 atom stereocenters. The largest absolute Gasteiger partial charge is 0.503 e. The fraction of sp³-hybridized carbons (Fsp3) is 0.591. The molecule has 1 saturated carbocycles. The van der Waals surface area contributed by atoms with Gasteiger partial charge in [-0.2, -0.15) is 0 Å². The Labute approximate surface area is 168 Å². The summed E-state index contributed by atoms with van der Waals surface area (Å²) in [6.45, 7) is 2.06. The number of piperidine rings is 2. The fourth-order valence-corrected chi connectivity index (χ4v) is 7.78. The standard InChI is InChI=1S/C22H24N2O5/c1-28-14-3-2-13-18(19(14)26)24-16(25)8-15-17-12-9-22(27)21(13,20(17)24)5-6-23(22)10-11(12)4-7-29-15/h2-4,12,15,17,20,26-27H,5-10H2,1H3/t12-,15-,17-,20-,21-,22+/m0/s1. The van der Waals surface area contributed by atoms with Crippen LogP contribution in [0.5, 0.6) is 11.5 Å². The molecule has 5 heterocycles. The summed E-state index contributed by atoms with van der Waals surface area (Å²) in [5.41, 5.74) is 1.13. The summed E-state index contributed by atoms with van der Waals surface area (Å²) >= 11 is 0. The second kappa shape index (κ2) is 4.96. The summed E-state index contributed by atoms with van der Waals surface area (Å²) in [5, 5.41) is 23.3. The second-order valence-corrected chi connectivity index (χ2v) is 9.42. The van der Waals surface area contributed by atoms with Gasteiger partial charge in [-0.15, -0.1) is 0 Å². The molecule has 1 aliphatic carbocycles. The molecule has 29 heavy (non-hydrogen) atoms. The number of nitrogens with zero attached hydrogens (tertiary/aromatic N) is 2. The predicted octanol–water partition coefficient (Wildman–Crippen LogP) is 1.13. The molecule has 3 saturated heterocycles. The number of phenolic OH excluding ortho intramolecular Hbond substituents is 1. The Morgan fingerprint density at radius 1 is 1.34 bits per heavy atom. The van der Waals surface area contributed by atoms with E-state index < -0.39 is 11.1 Å². The Bertz CT molecular complexity index is 1010. The SMILES string of the molecule is COc1ccc2c(c1O)N1C(=O)C[C@@H]3OCC=C4CN5CC[C@@]26[C@@H]1[C@H]3[C@H]4C[C@]56O. The van der Waals surface area contributed by atoms with Crippen molar-refractivity contribution in [1.82, 2.24) is 4.90 Å². The molecule has 0 radical (unpaired) electrons. The minimum Gasteiger partial charge on any atom is -0.503 e. The quantitative estimate of drug-likeness (QED) is 0.693. The number of hydrogen-bond acceptors (Lipinski definition) is 6. The summed E-state index contributed by atoms with van der Waals surface area (Å²) in [4.78, 5) is 17.4. The van der Waals surface area contributed by atoms with Crippen molar-refractivity contribution in [2.24, 2.45) is 11.8 Å². The second-order valence-electron chi connectivity index (χ2n) is 9.42. The third kappa shape index (κ3) is 1.58. The Morgan fingerprint density at radius 2 is 2.21 bits per heavy atom. The van der Waals surface area contributed by atoms with Crippen molar-refractivity contribution in [2.75, 3.05) is 31.7 Å². The first-order chi connectivity index (χ1) is 14.0. The molecule has 4 fully saturated rings. The number of carbonyl (C=O) groups is 1. The molecule has 2 bridgehead atoms. The van der Waals surface area contributed by atoms with Crippen LogP contribution in [0.2, 0.25) is 0 Å². The smallest absolute Gasteiger partial charge is 0.230 e. The van der Waals surface area contributed by atoms with Crippen molar-refractivity contribution in [3.63, 3.8) is 0 Å². The van der Waals surface area contributed by atoms with Crippen LogP contribution in [-0.2, 0) is 14.9 Å². The van der Waals surface area contributed by atoms with Crippen LogP contribution in [0.4, 0.5) is 5.69 Å². The summed E-state index contributed by atoms with van der Waals surface area (Å²) in [5.74, 6) is 0.649. The van der Waals surface area contributed by atoms with Gasteiger partial charge in [-0.3, -0.25) is 9.69 Å². The third-order valence-electron chi connectivity index (χ3n) is 8.77. The summed E-state index contributed by atoms with van der Waals surface area (Å²) < 4.78 is 11.5. The van der Waals surface area contributed by atoms with Crippen LogP contribution in [0.3, 0.4) is 0 Å². The van der Waals surface area contributed by atoms with Crippen molar-refractivity contribution < 1.29 is 24.5 Å². The minimum absolute atomic E-state index is 0.00229.